The van der Waals surface area contributed by atoms with E-state index in [-0.39, 0.29) is 11.9 Å². The number of aliphatic imine (C=N–C) groups is 2. The van der Waals surface area contributed by atoms with Crippen LogP contribution in [0.15, 0.2) is 40.3 Å². The molecule has 0 aliphatic carbocycles. The van der Waals surface area contributed by atoms with E-state index in [0.717, 1.165) is 12.0 Å². The lowest BCUT2D eigenvalue weighted by atomic mass is 10.2. The number of hydrogen-bond donors (Lipinski definition) is 2. The van der Waals surface area contributed by atoms with E-state index in [1.165, 1.54) is 5.06 Å². The largest absolute Gasteiger partial charge is 0.368 e. The summed E-state index contributed by atoms with van der Waals surface area (Å²) in [5, 5.41) is 1.38. The van der Waals surface area contributed by atoms with Crippen LogP contribution < -0.4 is 11.5 Å². The fraction of sp³-hybridized carbons (Fsp3) is 0.385. The Kier molecular flexibility index (Phi) is 6.38. The number of hydroxylamine groups is 2. The lowest BCUT2D eigenvalue weighted by Crippen LogP contribution is -2.35. The lowest BCUT2D eigenvalue weighted by molar-refractivity contribution is -0.0925. The Morgan fingerprint density at radius 3 is 2.58 bits per heavy atom. The summed E-state index contributed by atoms with van der Waals surface area (Å²) in [5.41, 5.74) is 12.4. The first-order valence-electron chi connectivity index (χ1n) is 6.18. The van der Waals surface area contributed by atoms with Crippen molar-refractivity contribution in [1.82, 2.24) is 5.06 Å². The van der Waals surface area contributed by atoms with Crippen molar-refractivity contribution in [1.29, 1.82) is 0 Å². The van der Waals surface area contributed by atoms with Gasteiger partial charge in [-0.05, 0) is 12.0 Å². The van der Waals surface area contributed by atoms with Gasteiger partial charge in [-0.3, -0.25) is 9.83 Å². The molecule has 1 rings (SSSR count). The summed E-state index contributed by atoms with van der Waals surface area (Å²) >= 11 is 0. The number of benzene rings is 1. The van der Waals surface area contributed by atoms with Crippen molar-refractivity contribution in [2.24, 2.45) is 21.5 Å². The predicted molar refractivity (Wildman–Crippen MR) is 77.4 cm³/mol. The molecule has 19 heavy (non-hydrogen) atoms. The van der Waals surface area contributed by atoms with E-state index in [1.807, 2.05) is 37.3 Å². The normalized spacial score (nSPS) is 12.5. The second-order valence-corrected chi connectivity index (χ2v) is 3.97. The molecule has 1 aromatic carbocycles. The Hall–Kier alpha value is -2.08. The van der Waals surface area contributed by atoms with Crippen molar-refractivity contribution in [2.45, 2.75) is 20.0 Å². The molecule has 6 nitrogen and oxygen atoms in total. The third-order valence-corrected chi connectivity index (χ3v) is 2.32. The Morgan fingerprint density at radius 2 is 1.95 bits per heavy atom. The third-order valence-electron chi connectivity index (χ3n) is 2.32. The predicted octanol–water partition coefficient (Wildman–Crippen LogP) is 1.09. The van der Waals surface area contributed by atoms with Gasteiger partial charge in [-0.1, -0.05) is 37.3 Å². The number of guanidine groups is 2. The van der Waals surface area contributed by atoms with Gasteiger partial charge in [-0.25, -0.2) is 5.06 Å². The molecule has 0 saturated carbocycles. The van der Waals surface area contributed by atoms with Gasteiger partial charge in [0.25, 0.3) is 0 Å². The molecule has 0 heterocycles. The van der Waals surface area contributed by atoms with Gasteiger partial charge in [0.05, 0.1) is 0 Å². The SMILES string of the molecule is CCCN=C(N)N=C(N)N(C)OCc1ccccc1. The van der Waals surface area contributed by atoms with E-state index >= 15 is 0 Å². The zero-order chi connectivity index (χ0) is 14.1. The number of rotatable bonds is 5. The highest BCUT2D eigenvalue weighted by molar-refractivity contribution is 5.92. The number of nitrogens with two attached hydrogens (primary N) is 2. The summed E-state index contributed by atoms with van der Waals surface area (Å²) in [5.74, 6) is 0.336. The highest BCUT2D eigenvalue weighted by atomic mass is 16.7. The average Bonchev–Trinajstić information content (AvgIpc) is 2.43. The molecule has 0 bridgehead atoms. The molecule has 0 radical (unpaired) electrons. The minimum absolute atomic E-state index is 0.162. The maximum absolute atomic E-state index is 5.74. The summed E-state index contributed by atoms with van der Waals surface area (Å²) < 4.78 is 0. The van der Waals surface area contributed by atoms with E-state index in [2.05, 4.69) is 9.98 Å². The van der Waals surface area contributed by atoms with Crippen molar-refractivity contribution in [3.63, 3.8) is 0 Å². The molecule has 0 saturated heterocycles. The highest BCUT2D eigenvalue weighted by Gasteiger charge is 2.03. The molecule has 0 aliphatic heterocycles. The van der Waals surface area contributed by atoms with Crippen molar-refractivity contribution in [3.05, 3.63) is 35.9 Å². The molecule has 0 atom stereocenters. The van der Waals surface area contributed by atoms with Crippen LogP contribution >= 0.6 is 0 Å². The van der Waals surface area contributed by atoms with Crippen molar-refractivity contribution >= 4 is 11.9 Å². The molecule has 104 valence electrons. The fourth-order valence-electron chi connectivity index (χ4n) is 1.26. The first-order valence-corrected chi connectivity index (χ1v) is 6.18. The van der Waals surface area contributed by atoms with Gasteiger partial charge < -0.3 is 11.5 Å². The standard InChI is InChI=1S/C13H21N5O/c1-3-9-16-12(14)17-13(15)18(2)19-10-11-7-5-4-6-8-11/h4-8H,3,9-10H2,1-2H3,(H4,14,15,16,17). The molecule has 0 amide bonds. The second kappa shape index (κ2) is 8.10. The Labute approximate surface area is 113 Å². The van der Waals surface area contributed by atoms with Crippen LogP contribution in [0.1, 0.15) is 18.9 Å². The molecule has 0 spiro atoms. The summed E-state index contributed by atoms with van der Waals surface area (Å²) in [6, 6.07) is 9.79. The molecule has 0 aliphatic rings. The fourth-order valence-corrected chi connectivity index (χ4v) is 1.26. The maximum Gasteiger partial charge on any atom is 0.223 e. The molecular formula is C13H21N5O. The molecular weight excluding hydrogens is 242 g/mol. The Bertz CT molecular complexity index is 430. The minimum Gasteiger partial charge on any atom is -0.368 e. The first-order chi connectivity index (χ1) is 9.13. The Morgan fingerprint density at radius 1 is 1.26 bits per heavy atom. The highest BCUT2D eigenvalue weighted by Crippen LogP contribution is 2.01. The molecule has 0 aromatic heterocycles. The summed E-state index contributed by atoms with van der Waals surface area (Å²) in [6.45, 7) is 3.07. The van der Waals surface area contributed by atoms with Crippen LogP contribution in [-0.4, -0.2) is 30.6 Å². The van der Waals surface area contributed by atoms with Gasteiger partial charge in [0.15, 0.2) is 0 Å². The summed E-state index contributed by atoms with van der Waals surface area (Å²) in [6.07, 6.45) is 0.913. The smallest absolute Gasteiger partial charge is 0.223 e. The van der Waals surface area contributed by atoms with Crippen LogP contribution in [-0.2, 0) is 11.4 Å². The van der Waals surface area contributed by atoms with Crippen LogP contribution in [0.3, 0.4) is 0 Å². The van der Waals surface area contributed by atoms with E-state index in [4.69, 9.17) is 16.3 Å². The van der Waals surface area contributed by atoms with E-state index in [9.17, 15) is 0 Å². The van der Waals surface area contributed by atoms with Crippen LogP contribution in [0.2, 0.25) is 0 Å². The minimum atomic E-state index is 0.162. The lowest BCUT2D eigenvalue weighted by Gasteiger charge is -2.17. The van der Waals surface area contributed by atoms with Crippen LogP contribution in [0.5, 0.6) is 0 Å². The van der Waals surface area contributed by atoms with Gasteiger partial charge in [0.1, 0.15) is 6.61 Å². The molecule has 4 N–H and O–H groups in total. The van der Waals surface area contributed by atoms with E-state index in [0.29, 0.717) is 13.2 Å². The topological polar surface area (TPSA) is 89.2 Å². The van der Waals surface area contributed by atoms with E-state index in [1.54, 1.807) is 7.05 Å². The summed E-state index contributed by atoms with van der Waals surface area (Å²) in [7, 11) is 1.68. The zero-order valence-corrected chi connectivity index (χ0v) is 11.4. The zero-order valence-electron chi connectivity index (χ0n) is 11.4. The van der Waals surface area contributed by atoms with Gasteiger partial charge in [0, 0.05) is 13.6 Å². The van der Waals surface area contributed by atoms with Gasteiger partial charge in [-0.2, -0.15) is 4.99 Å². The number of nitrogens with zero attached hydrogens (tertiary/aromatic N) is 3. The van der Waals surface area contributed by atoms with Crippen LogP contribution in [0.4, 0.5) is 0 Å². The maximum atomic E-state index is 5.74. The Balaban J connectivity index is 2.48. The average molecular weight is 263 g/mol. The molecule has 1 aromatic rings. The van der Waals surface area contributed by atoms with Gasteiger partial charge >= 0.3 is 0 Å². The van der Waals surface area contributed by atoms with Crippen LogP contribution in [0, 0.1) is 0 Å². The van der Waals surface area contributed by atoms with Gasteiger partial charge in [0.2, 0.25) is 11.9 Å². The molecule has 6 heteroatoms. The van der Waals surface area contributed by atoms with Crippen molar-refractivity contribution < 1.29 is 4.84 Å². The quantitative estimate of drug-likeness (QED) is 0.473. The van der Waals surface area contributed by atoms with Crippen LogP contribution in [0.25, 0.3) is 0 Å². The summed E-state index contributed by atoms with van der Waals surface area (Å²) in [4.78, 5) is 13.4. The first kappa shape index (κ1) is 15.0. The third kappa shape index (κ3) is 5.87. The monoisotopic (exact) mass is 263 g/mol. The second-order valence-electron chi connectivity index (χ2n) is 3.97. The molecule has 0 unspecified atom stereocenters. The van der Waals surface area contributed by atoms with E-state index < -0.39 is 0 Å². The van der Waals surface area contributed by atoms with Gasteiger partial charge in [-0.15, -0.1) is 0 Å². The van der Waals surface area contributed by atoms with Crippen molar-refractivity contribution in [2.75, 3.05) is 13.6 Å². The molecule has 0 fully saturated rings. The van der Waals surface area contributed by atoms with Crippen molar-refractivity contribution in [3.8, 4) is 0 Å². The number of hydrogen-bond acceptors (Lipinski definition) is 2.